The fraction of sp³-hybridized carbons (Fsp3) is 0.214. The highest BCUT2D eigenvalue weighted by atomic mass is 16.4. The van der Waals surface area contributed by atoms with E-state index in [0.717, 1.165) is 0 Å². The number of aromatic nitrogens is 1. The molecule has 0 bridgehead atoms. The molecular formula is C14H15N3O4. The number of aliphatic hydroxyl groups is 1. The molecule has 2 aromatic rings. The number of anilines is 1. The van der Waals surface area contributed by atoms with Crippen molar-refractivity contribution in [3.8, 4) is 0 Å². The summed E-state index contributed by atoms with van der Waals surface area (Å²) in [7, 11) is 0. The number of carboxylic acid groups (broad SMARTS) is 1. The highest BCUT2D eigenvalue weighted by Crippen LogP contribution is 2.20. The van der Waals surface area contributed by atoms with Gasteiger partial charge in [0.15, 0.2) is 6.04 Å². The predicted octanol–water partition coefficient (Wildman–Crippen LogP) is 0.381. The number of pyridine rings is 1. The van der Waals surface area contributed by atoms with Gasteiger partial charge in [0.1, 0.15) is 5.69 Å². The van der Waals surface area contributed by atoms with E-state index in [0.29, 0.717) is 16.6 Å². The molecule has 0 saturated heterocycles. The van der Waals surface area contributed by atoms with Gasteiger partial charge in [-0.1, -0.05) is 18.2 Å². The lowest BCUT2D eigenvalue weighted by Gasteiger charge is -2.17. The van der Waals surface area contributed by atoms with Gasteiger partial charge in [-0.2, -0.15) is 0 Å². The molecule has 0 radical (unpaired) electrons. The highest BCUT2D eigenvalue weighted by molar-refractivity contribution is 6.00. The zero-order valence-electron chi connectivity index (χ0n) is 11.3. The molecule has 0 fully saturated rings. The van der Waals surface area contributed by atoms with Crippen LogP contribution in [0, 0.1) is 0 Å². The van der Waals surface area contributed by atoms with Crippen LogP contribution in [0.3, 0.4) is 0 Å². The number of carbonyl (C=O) groups is 2. The maximum absolute atomic E-state index is 12.1. The number of aliphatic carboxylic acids is 1. The van der Waals surface area contributed by atoms with Crippen molar-refractivity contribution in [2.24, 2.45) is 0 Å². The molecule has 0 unspecified atom stereocenters. The third-order valence-corrected chi connectivity index (χ3v) is 3.02. The molecule has 2 atom stereocenters. The summed E-state index contributed by atoms with van der Waals surface area (Å²) < 4.78 is 0. The summed E-state index contributed by atoms with van der Waals surface area (Å²) in [4.78, 5) is 27.2. The van der Waals surface area contributed by atoms with Crippen LogP contribution in [0.25, 0.3) is 10.9 Å². The smallest absolute Gasteiger partial charge is 0.328 e. The van der Waals surface area contributed by atoms with Crippen molar-refractivity contribution in [2.75, 3.05) is 5.73 Å². The first-order valence-corrected chi connectivity index (χ1v) is 6.27. The number of rotatable bonds is 4. The molecule has 0 aliphatic rings. The van der Waals surface area contributed by atoms with Crippen LogP contribution in [0.15, 0.2) is 30.3 Å². The Kier molecular flexibility index (Phi) is 4.04. The minimum atomic E-state index is -1.41. The quantitative estimate of drug-likeness (QED) is 0.644. The number of amides is 1. The topological polar surface area (TPSA) is 126 Å². The summed E-state index contributed by atoms with van der Waals surface area (Å²) in [6, 6.07) is 6.99. The van der Waals surface area contributed by atoms with Crippen molar-refractivity contribution in [2.45, 2.75) is 19.1 Å². The van der Waals surface area contributed by atoms with Crippen LogP contribution in [0.2, 0.25) is 0 Å². The molecule has 1 aromatic heterocycles. The van der Waals surface area contributed by atoms with E-state index in [1.165, 1.54) is 13.0 Å². The van der Waals surface area contributed by atoms with Gasteiger partial charge in [0, 0.05) is 11.1 Å². The Bertz CT molecular complexity index is 700. The zero-order valence-corrected chi connectivity index (χ0v) is 11.3. The third kappa shape index (κ3) is 3.09. The van der Waals surface area contributed by atoms with Crippen LogP contribution in [0.1, 0.15) is 17.4 Å². The molecule has 5 N–H and O–H groups in total. The molecule has 110 valence electrons. The number of benzene rings is 1. The van der Waals surface area contributed by atoms with E-state index in [9.17, 15) is 14.7 Å². The lowest BCUT2D eigenvalue weighted by atomic mass is 10.1. The molecule has 21 heavy (non-hydrogen) atoms. The van der Waals surface area contributed by atoms with E-state index < -0.39 is 24.0 Å². The summed E-state index contributed by atoms with van der Waals surface area (Å²) in [6.07, 6.45) is -1.23. The standard InChI is InChI=1S/C14H15N3O4/c1-7(18)12(14(20)21)17-13(19)11-6-9(15)8-4-2-3-5-10(8)16-11/h2-7,12,18H,1H3,(H2,15,16)(H,17,19)(H,20,21)/t7-,12+/m1/s1. The number of hydrogen-bond acceptors (Lipinski definition) is 5. The molecule has 0 aliphatic heterocycles. The zero-order chi connectivity index (χ0) is 15.6. The van der Waals surface area contributed by atoms with Crippen LogP contribution in [0.5, 0.6) is 0 Å². The molecule has 1 amide bonds. The predicted molar refractivity (Wildman–Crippen MR) is 76.7 cm³/mol. The summed E-state index contributed by atoms with van der Waals surface area (Å²) >= 11 is 0. The second kappa shape index (κ2) is 5.76. The Morgan fingerprint density at radius 1 is 1.33 bits per heavy atom. The SMILES string of the molecule is C[C@@H](O)[C@H](NC(=O)c1cc(N)c2ccccc2n1)C(=O)O. The average Bonchev–Trinajstić information content (AvgIpc) is 2.43. The van der Waals surface area contributed by atoms with Crippen LogP contribution >= 0.6 is 0 Å². The largest absolute Gasteiger partial charge is 0.480 e. The number of para-hydroxylation sites is 1. The molecule has 0 aliphatic carbocycles. The van der Waals surface area contributed by atoms with Gasteiger partial charge in [-0.25, -0.2) is 9.78 Å². The van der Waals surface area contributed by atoms with Crippen molar-refractivity contribution < 1.29 is 19.8 Å². The van der Waals surface area contributed by atoms with Crippen molar-refractivity contribution in [1.82, 2.24) is 10.3 Å². The summed E-state index contributed by atoms with van der Waals surface area (Å²) in [5.41, 5.74) is 6.76. The third-order valence-electron chi connectivity index (χ3n) is 3.02. The maximum Gasteiger partial charge on any atom is 0.328 e. The van der Waals surface area contributed by atoms with Crippen LogP contribution in [-0.2, 0) is 4.79 Å². The van der Waals surface area contributed by atoms with E-state index in [-0.39, 0.29) is 5.69 Å². The molecule has 7 nitrogen and oxygen atoms in total. The first-order chi connectivity index (χ1) is 9.90. The van der Waals surface area contributed by atoms with E-state index in [1.54, 1.807) is 24.3 Å². The normalized spacial score (nSPS) is 13.6. The number of hydrogen-bond donors (Lipinski definition) is 4. The van der Waals surface area contributed by atoms with Gasteiger partial charge >= 0.3 is 5.97 Å². The first-order valence-electron chi connectivity index (χ1n) is 6.27. The molecule has 2 rings (SSSR count). The van der Waals surface area contributed by atoms with Crippen molar-refractivity contribution in [1.29, 1.82) is 0 Å². The number of nitrogen functional groups attached to an aromatic ring is 1. The summed E-state index contributed by atoms with van der Waals surface area (Å²) in [6.45, 7) is 1.28. The number of fused-ring (bicyclic) bond motifs is 1. The molecule has 1 aromatic carbocycles. The van der Waals surface area contributed by atoms with E-state index in [1.807, 2.05) is 0 Å². The Hall–Kier alpha value is -2.67. The van der Waals surface area contributed by atoms with Crippen molar-refractivity contribution >= 4 is 28.5 Å². The fourth-order valence-corrected chi connectivity index (χ4v) is 1.92. The second-order valence-corrected chi connectivity index (χ2v) is 4.64. The number of carboxylic acids is 1. The fourth-order valence-electron chi connectivity index (χ4n) is 1.92. The first kappa shape index (κ1) is 14.7. The average molecular weight is 289 g/mol. The second-order valence-electron chi connectivity index (χ2n) is 4.64. The van der Waals surface area contributed by atoms with Gasteiger partial charge in [-0.15, -0.1) is 0 Å². The number of nitrogens with two attached hydrogens (primary N) is 1. The molecular weight excluding hydrogens is 274 g/mol. The molecule has 0 spiro atoms. The Morgan fingerprint density at radius 3 is 2.62 bits per heavy atom. The van der Waals surface area contributed by atoms with E-state index >= 15 is 0 Å². The number of aliphatic hydroxyl groups excluding tert-OH is 1. The van der Waals surface area contributed by atoms with Gasteiger partial charge in [0.25, 0.3) is 5.91 Å². The minimum absolute atomic E-state index is 0.00176. The van der Waals surface area contributed by atoms with Gasteiger partial charge in [0.2, 0.25) is 0 Å². The van der Waals surface area contributed by atoms with Gasteiger partial charge < -0.3 is 21.3 Å². The summed E-state index contributed by atoms with van der Waals surface area (Å²) in [5, 5.41) is 21.2. The van der Waals surface area contributed by atoms with Crippen molar-refractivity contribution in [3.63, 3.8) is 0 Å². The van der Waals surface area contributed by atoms with E-state index in [4.69, 9.17) is 10.8 Å². The molecule has 0 saturated carbocycles. The van der Waals surface area contributed by atoms with Gasteiger partial charge in [-0.05, 0) is 19.1 Å². The van der Waals surface area contributed by atoms with E-state index in [2.05, 4.69) is 10.3 Å². The Labute approximate surface area is 120 Å². The lowest BCUT2D eigenvalue weighted by Crippen LogP contribution is -2.47. The van der Waals surface area contributed by atoms with Crippen LogP contribution in [-0.4, -0.2) is 39.2 Å². The lowest BCUT2D eigenvalue weighted by molar-refractivity contribution is -0.141. The Morgan fingerprint density at radius 2 is 2.00 bits per heavy atom. The molecule has 7 heteroatoms. The Balaban J connectivity index is 2.33. The van der Waals surface area contributed by atoms with Gasteiger partial charge in [0.05, 0.1) is 11.6 Å². The molecule has 1 heterocycles. The maximum atomic E-state index is 12.1. The number of nitrogens with zero attached hydrogens (tertiary/aromatic N) is 1. The number of carbonyl (C=O) groups excluding carboxylic acids is 1. The van der Waals surface area contributed by atoms with Crippen LogP contribution in [0.4, 0.5) is 5.69 Å². The number of nitrogens with one attached hydrogen (secondary N) is 1. The monoisotopic (exact) mass is 289 g/mol. The van der Waals surface area contributed by atoms with Crippen LogP contribution < -0.4 is 11.1 Å². The minimum Gasteiger partial charge on any atom is -0.480 e. The highest BCUT2D eigenvalue weighted by Gasteiger charge is 2.26. The van der Waals surface area contributed by atoms with Crippen molar-refractivity contribution in [3.05, 3.63) is 36.0 Å². The van der Waals surface area contributed by atoms with Gasteiger partial charge in [-0.3, -0.25) is 4.79 Å². The summed E-state index contributed by atoms with van der Waals surface area (Å²) in [5.74, 6) is -2.03.